The molecule has 0 saturated carbocycles. The molecule has 19 heavy (non-hydrogen) atoms. The number of hydrogen-bond acceptors (Lipinski definition) is 5. The normalized spacial score (nSPS) is 20.6. The third-order valence-corrected chi connectivity index (χ3v) is 5.09. The second kappa shape index (κ2) is 7.83. The highest BCUT2D eigenvalue weighted by atomic mass is 31.2. The van der Waals surface area contributed by atoms with E-state index in [9.17, 15) is 9.36 Å². The van der Waals surface area contributed by atoms with Crippen molar-refractivity contribution in [1.82, 2.24) is 0 Å². The molecular formula is C13H23O5P. The molecule has 1 aliphatic rings. The quantitative estimate of drug-likeness (QED) is 0.552. The minimum absolute atomic E-state index is 0.326. The number of carbonyl (C=O) groups is 1. The Morgan fingerprint density at radius 1 is 1.32 bits per heavy atom. The molecule has 1 aliphatic carbocycles. The van der Waals surface area contributed by atoms with Crippen molar-refractivity contribution in [1.29, 1.82) is 0 Å². The van der Waals surface area contributed by atoms with Crippen molar-refractivity contribution < 1.29 is 23.1 Å². The fourth-order valence-electron chi connectivity index (χ4n) is 2.11. The molecule has 0 heterocycles. The van der Waals surface area contributed by atoms with Gasteiger partial charge in [0.25, 0.3) is 0 Å². The first-order valence-corrected chi connectivity index (χ1v) is 8.33. The van der Waals surface area contributed by atoms with E-state index in [-0.39, 0.29) is 12.1 Å². The van der Waals surface area contributed by atoms with Gasteiger partial charge in [-0.2, -0.15) is 0 Å². The van der Waals surface area contributed by atoms with Crippen LogP contribution in [-0.2, 0) is 23.1 Å². The SMILES string of the molecule is CCOP(=O)(OCC)C1=C[C@H](OC(C)=O)CCCC1. The van der Waals surface area contributed by atoms with Gasteiger partial charge in [0.05, 0.1) is 13.2 Å². The van der Waals surface area contributed by atoms with Gasteiger partial charge in [0.15, 0.2) is 0 Å². The van der Waals surface area contributed by atoms with Crippen molar-refractivity contribution in [3.8, 4) is 0 Å². The molecule has 0 aromatic heterocycles. The Morgan fingerprint density at radius 2 is 1.95 bits per heavy atom. The van der Waals surface area contributed by atoms with Crippen LogP contribution in [0.25, 0.3) is 0 Å². The lowest BCUT2D eigenvalue weighted by molar-refractivity contribution is -0.144. The Balaban J connectivity index is 2.94. The predicted molar refractivity (Wildman–Crippen MR) is 73.0 cm³/mol. The zero-order chi connectivity index (χ0) is 14.3. The van der Waals surface area contributed by atoms with Crippen LogP contribution in [0.3, 0.4) is 0 Å². The van der Waals surface area contributed by atoms with E-state index < -0.39 is 7.60 Å². The second-order valence-electron chi connectivity index (χ2n) is 4.38. The highest BCUT2D eigenvalue weighted by Gasteiger charge is 2.31. The third-order valence-electron chi connectivity index (χ3n) is 2.82. The van der Waals surface area contributed by atoms with Crippen molar-refractivity contribution >= 4 is 13.6 Å². The fourth-order valence-corrected chi connectivity index (χ4v) is 3.98. The van der Waals surface area contributed by atoms with Gasteiger partial charge < -0.3 is 13.8 Å². The zero-order valence-electron chi connectivity index (χ0n) is 11.9. The van der Waals surface area contributed by atoms with Crippen LogP contribution in [0, 0.1) is 0 Å². The molecule has 0 fully saturated rings. The maximum atomic E-state index is 12.7. The fraction of sp³-hybridized carbons (Fsp3) is 0.769. The van der Waals surface area contributed by atoms with E-state index in [2.05, 4.69) is 0 Å². The summed E-state index contributed by atoms with van der Waals surface area (Å²) in [5.74, 6) is -0.329. The summed E-state index contributed by atoms with van der Waals surface area (Å²) in [4.78, 5) is 11.0. The van der Waals surface area contributed by atoms with Crippen LogP contribution in [-0.4, -0.2) is 25.3 Å². The molecule has 0 unspecified atom stereocenters. The van der Waals surface area contributed by atoms with Gasteiger partial charge in [-0.25, -0.2) is 0 Å². The number of hydrogen-bond donors (Lipinski definition) is 0. The number of allylic oxidation sites excluding steroid dienone is 1. The topological polar surface area (TPSA) is 61.8 Å². The Labute approximate surface area is 114 Å². The maximum Gasteiger partial charge on any atom is 0.357 e. The van der Waals surface area contributed by atoms with Gasteiger partial charge >= 0.3 is 13.6 Å². The molecule has 0 N–H and O–H groups in total. The molecule has 0 aromatic carbocycles. The first-order valence-electron chi connectivity index (χ1n) is 6.79. The van der Waals surface area contributed by atoms with Crippen LogP contribution in [0.2, 0.25) is 0 Å². The van der Waals surface area contributed by atoms with Gasteiger partial charge in [-0.05, 0) is 45.6 Å². The van der Waals surface area contributed by atoms with E-state index in [1.807, 2.05) is 0 Å². The van der Waals surface area contributed by atoms with Gasteiger partial charge in [-0.3, -0.25) is 9.36 Å². The summed E-state index contributed by atoms with van der Waals surface area (Å²) in [6.07, 6.45) is 4.66. The van der Waals surface area contributed by atoms with E-state index in [0.29, 0.717) is 24.9 Å². The van der Waals surface area contributed by atoms with Crippen molar-refractivity contribution in [2.24, 2.45) is 0 Å². The van der Waals surface area contributed by atoms with E-state index in [0.717, 1.165) is 19.3 Å². The van der Waals surface area contributed by atoms with E-state index in [4.69, 9.17) is 13.8 Å². The minimum atomic E-state index is -3.23. The first kappa shape index (κ1) is 16.4. The van der Waals surface area contributed by atoms with Crippen molar-refractivity contribution in [2.45, 2.75) is 52.6 Å². The lowest BCUT2D eigenvalue weighted by Crippen LogP contribution is -2.13. The lowest BCUT2D eigenvalue weighted by atomic mass is 10.2. The van der Waals surface area contributed by atoms with Crippen molar-refractivity contribution in [3.05, 3.63) is 11.4 Å². The zero-order valence-corrected chi connectivity index (χ0v) is 12.8. The Morgan fingerprint density at radius 3 is 2.47 bits per heavy atom. The van der Waals surface area contributed by atoms with E-state index in [1.54, 1.807) is 19.9 Å². The second-order valence-corrected chi connectivity index (χ2v) is 6.47. The highest BCUT2D eigenvalue weighted by Crippen LogP contribution is 2.58. The molecular weight excluding hydrogens is 267 g/mol. The van der Waals surface area contributed by atoms with Crippen LogP contribution < -0.4 is 0 Å². The summed E-state index contributed by atoms with van der Waals surface area (Å²) >= 11 is 0. The molecule has 0 aliphatic heterocycles. The Hall–Kier alpha value is -0.640. The van der Waals surface area contributed by atoms with Gasteiger partial charge in [-0.15, -0.1) is 0 Å². The summed E-state index contributed by atoms with van der Waals surface area (Å²) in [6.45, 7) is 5.60. The minimum Gasteiger partial charge on any atom is -0.458 e. The summed E-state index contributed by atoms with van der Waals surface area (Å²) in [6, 6.07) is 0. The summed E-state index contributed by atoms with van der Waals surface area (Å²) < 4.78 is 28.6. The van der Waals surface area contributed by atoms with E-state index in [1.165, 1.54) is 6.92 Å². The van der Waals surface area contributed by atoms with Crippen LogP contribution in [0.5, 0.6) is 0 Å². The molecule has 0 bridgehead atoms. The smallest absolute Gasteiger partial charge is 0.357 e. The molecule has 0 spiro atoms. The van der Waals surface area contributed by atoms with Crippen molar-refractivity contribution in [2.75, 3.05) is 13.2 Å². The van der Waals surface area contributed by atoms with Gasteiger partial charge in [-0.1, -0.05) is 0 Å². The standard InChI is InChI=1S/C13H23O5P/c1-4-16-19(15,17-5-2)13-9-7-6-8-12(10-13)18-11(3)14/h10,12H,4-9H2,1-3H3/t12-/m1/s1. The number of esters is 1. The largest absolute Gasteiger partial charge is 0.458 e. The van der Waals surface area contributed by atoms with Crippen LogP contribution in [0.1, 0.15) is 46.5 Å². The average Bonchev–Trinajstić information content (AvgIpc) is 2.55. The molecule has 0 amide bonds. The molecule has 1 rings (SSSR count). The molecule has 0 saturated heterocycles. The molecule has 110 valence electrons. The van der Waals surface area contributed by atoms with Crippen LogP contribution in [0.15, 0.2) is 11.4 Å². The number of carbonyl (C=O) groups excluding carboxylic acids is 1. The first-order chi connectivity index (χ1) is 9.01. The Kier molecular flexibility index (Phi) is 6.76. The average molecular weight is 290 g/mol. The third kappa shape index (κ3) is 5.09. The molecule has 6 heteroatoms. The molecule has 1 atom stereocenters. The van der Waals surface area contributed by atoms with Crippen molar-refractivity contribution in [3.63, 3.8) is 0 Å². The summed E-state index contributed by atoms with van der Waals surface area (Å²) in [5.41, 5.74) is 0. The maximum absolute atomic E-state index is 12.7. The van der Waals surface area contributed by atoms with Crippen LogP contribution >= 0.6 is 7.60 Å². The summed E-state index contributed by atoms with van der Waals surface area (Å²) in [7, 11) is -3.23. The Bertz CT molecular complexity index is 367. The number of rotatable bonds is 6. The molecule has 5 nitrogen and oxygen atoms in total. The van der Waals surface area contributed by atoms with Gasteiger partial charge in [0.1, 0.15) is 6.10 Å². The van der Waals surface area contributed by atoms with Gasteiger partial charge in [0, 0.05) is 12.2 Å². The summed E-state index contributed by atoms with van der Waals surface area (Å²) in [5, 5.41) is 0.639. The monoisotopic (exact) mass is 290 g/mol. The molecule has 0 aromatic rings. The molecule has 0 radical (unpaired) electrons. The highest BCUT2D eigenvalue weighted by molar-refractivity contribution is 7.58. The lowest BCUT2D eigenvalue weighted by Gasteiger charge is -2.20. The van der Waals surface area contributed by atoms with Crippen LogP contribution in [0.4, 0.5) is 0 Å². The van der Waals surface area contributed by atoms with Gasteiger partial charge in [0.2, 0.25) is 0 Å². The van der Waals surface area contributed by atoms with E-state index >= 15 is 0 Å². The predicted octanol–water partition coefficient (Wildman–Crippen LogP) is 3.64. The number of ether oxygens (including phenoxy) is 1.